The standard InChI is InChI=1S/C7H14N2O3/c1-3(2)4(6(8)11)5(10)7(9)12/h3-5,10H,1-2H3,(H2,8,11)(H2,9,12)/t4-,5+/m0/s1. The molecule has 0 bridgehead atoms. The second-order valence-electron chi connectivity index (χ2n) is 3.02. The highest BCUT2D eigenvalue weighted by Gasteiger charge is 2.31. The molecule has 5 heteroatoms. The first-order chi connectivity index (χ1) is 5.37. The summed E-state index contributed by atoms with van der Waals surface area (Å²) in [6.45, 7) is 3.36. The Bertz CT molecular complexity index is 191. The molecule has 70 valence electrons. The van der Waals surface area contributed by atoms with E-state index in [0.29, 0.717) is 0 Å². The van der Waals surface area contributed by atoms with E-state index >= 15 is 0 Å². The number of hydrogen-bond donors (Lipinski definition) is 3. The summed E-state index contributed by atoms with van der Waals surface area (Å²) >= 11 is 0. The number of amides is 2. The fourth-order valence-corrected chi connectivity index (χ4v) is 1.03. The van der Waals surface area contributed by atoms with Crippen LogP contribution in [0.3, 0.4) is 0 Å². The van der Waals surface area contributed by atoms with Crippen LogP contribution in [0.4, 0.5) is 0 Å². The Morgan fingerprint density at radius 3 is 1.67 bits per heavy atom. The number of hydrogen-bond acceptors (Lipinski definition) is 3. The minimum atomic E-state index is -1.48. The predicted octanol–water partition coefficient (Wildman–Crippen LogP) is -1.41. The van der Waals surface area contributed by atoms with Gasteiger partial charge in [-0.15, -0.1) is 0 Å². The van der Waals surface area contributed by atoms with Crippen LogP contribution in [-0.2, 0) is 9.59 Å². The molecule has 0 saturated heterocycles. The molecule has 0 spiro atoms. The Labute approximate surface area is 70.7 Å². The Hall–Kier alpha value is -1.10. The Kier molecular flexibility index (Phi) is 3.69. The fraction of sp³-hybridized carbons (Fsp3) is 0.714. The molecular formula is C7H14N2O3. The second kappa shape index (κ2) is 4.06. The monoisotopic (exact) mass is 174 g/mol. The van der Waals surface area contributed by atoms with Crippen LogP contribution in [-0.4, -0.2) is 23.0 Å². The summed E-state index contributed by atoms with van der Waals surface area (Å²) in [5, 5.41) is 9.15. The number of nitrogens with two attached hydrogens (primary N) is 2. The minimum Gasteiger partial charge on any atom is -0.382 e. The van der Waals surface area contributed by atoms with E-state index in [4.69, 9.17) is 16.6 Å². The lowest BCUT2D eigenvalue weighted by Gasteiger charge is -2.20. The molecule has 2 atom stereocenters. The van der Waals surface area contributed by atoms with E-state index in [2.05, 4.69) is 0 Å². The predicted molar refractivity (Wildman–Crippen MR) is 42.7 cm³/mol. The molecule has 5 nitrogen and oxygen atoms in total. The summed E-state index contributed by atoms with van der Waals surface area (Å²) in [5.41, 5.74) is 9.79. The maximum Gasteiger partial charge on any atom is 0.247 e. The highest BCUT2D eigenvalue weighted by Crippen LogP contribution is 2.14. The highest BCUT2D eigenvalue weighted by atomic mass is 16.3. The average Bonchev–Trinajstić information content (AvgIpc) is 1.85. The molecule has 0 aliphatic heterocycles. The SMILES string of the molecule is CC(C)[C@H](C(N)=O)[C@@H](O)C(N)=O. The second-order valence-corrected chi connectivity index (χ2v) is 3.02. The maximum atomic E-state index is 10.7. The van der Waals surface area contributed by atoms with Crippen molar-refractivity contribution < 1.29 is 14.7 Å². The van der Waals surface area contributed by atoms with Gasteiger partial charge in [-0.05, 0) is 5.92 Å². The number of aliphatic hydroxyl groups is 1. The molecular weight excluding hydrogens is 160 g/mol. The number of carbonyl (C=O) groups excluding carboxylic acids is 2. The maximum absolute atomic E-state index is 10.7. The van der Waals surface area contributed by atoms with Gasteiger partial charge in [-0.3, -0.25) is 9.59 Å². The van der Waals surface area contributed by atoms with Crippen LogP contribution in [0, 0.1) is 11.8 Å². The molecule has 12 heavy (non-hydrogen) atoms. The lowest BCUT2D eigenvalue weighted by Crippen LogP contribution is -2.44. The number of rotatable bonds is 4. The van der Waals surface area contributed by atoms with E-state index < -0.39 is 23.8 Å². The third-order valence-electron chi connectivity index (χ3n) is 1.68. The fourth-order valence-electron chi connectivity index (χ4n) is 1.03. The quantitative estimate of drug-likeness (QED) is 0.487. The Morgan fingerprint density at radius 2 is 1.58 bits per heavy atom. The zero-order chi connectivity index (χ0) is 9.89. The zero-order valence-corrected chi connectivity index (χ0v) is 7.15. The third kappa shape index (κ3) is 2.50. The molecule has 0 radical (unpaired) electrons. The molecule has 0 aromatic rings. The molecule has 2 amide bonds. The van der Waals surface area contributed by atoms with Crippen molar-refractivity contribution in [1.82, 2.24) is 0 Å². The number of primary amides is 2. The van der Waals surface area contributed by atoms with Gasteiger partial charge in [0, 0.05) is 0 Å². The van der Waals surface area contributed by atoms with E-state index in [1.807, 2.05) is 0 Å². The highest BCUT2D eigenvalue weighted by molar-refractivity contribution is 5.87. The lowest BCUT2D eigenvalue weighted by atomic mass is 9.89. The summed E-state index contributed by atoms with van der Waals surface area (Å²) in [6, 6.07) is 0. The van der Waals surface area contributed by atoms with E-state index in [1.165, 1.54) is 0 Å². The van der Waals surface area contributed by atoms with Gasteiger partial charge in [0.25, 0.3) is 0 Å². The third-order valence-corrected chi connectivity index (χ3v) is 1.68. The van der Waals surface area contributed by atoms with Gasteiger partial charge in [0.1, 0.15) is 6.10 Å². The molecule has 0 aromatic carbocycles. The van der Waals surface area contributed by atoms with Gasteiger partial charge >= 0.3 is 0 Å². The zero-order valence-electron chi connectivity index (χ0n) is 7.15. The van der Waals surface area contributed by atoms with Crippen molar-refractivity contribution in [2.24, 2.45) is 23.3 Å². The normalized spacial score (nSPS) is 15.7. The van der Waals surface area contributed by atoms with Crippen LogP contribution in [0.2, 0.25) is 0 Å². The van der Waals surface area contributed by atoms with Crippen molar-refractivity contribution in [3.8, 4) is 0 Å². The van der Waals surface area contributed by atoms with Crippen LogP contribution in [0.1, 0.15) is 13.8 Å². The molecule has 0 heterocycles. The summed E-state index contributed by atoms with van der Waals surface area (Å²) in [4.78, 5) is 21.3. The molecule has 0 aliphatic carbocycles. The van der Waals surface area contributed by atoms with E-state index in [0.717, 1.165) is 0 Å². The summed E-state index contributed by atoms with van der Waals surface area (Å²) in [7, 11) is 0. The molecule has 0 fully saturated rings. The van der Waals surface area contributed by atoms with Gasteiger partial charge < -0.3 is 16.6 Å². The first-order valence-electron chi connectivity index (χ1n) is 3.64. The smallest absolute Gasteiger partial charge is 0.247 e. The van der Waals surface area contributed by atoms with E-state index in [1.54, 1.807) is 13.8 Å². The lowest BCUT2D eigenvalue weighted by molar-refractivity contribution is -0.138. The first-order valence-corrected chi connectivity index (χ1v) is 3.64. The number of aliphatic hydroxyl groups excluding tert-OH is 1. The minimum absolute atomic E-state index is 0.204. The summed E-state index contributed by atoms with van der Waals surface area (Å²) in [5.74, 6) is -2.74. The molecule has 0 aromatic heterocycles. The van der Waals surface area contributed by atoms with Gasteiger partial charge in [-0.2, -0.15) is 0 Å². The van der Waals surface area contributed by atoms with Crippen molar-refractivity contribution in [2.45, 2.75) is 20.0 Å². The average molecular weight is 174 g/mol. The number of carbonyl (C=O) groups is 2. The Balaban J connectivity index is 4.51. The summed E-state index contributed by atoms with van der Waals surface area (Å²) < 4.78 is 0. The van der Waals surface area contributed by atoms with E-state index in [-0.39, 0.29) is 5.92 Å². The van der Waals surface area contributed by atoms with Gasteiger partial charge in [0.15, 0.2) is 0 Å². The molecule has 0 saturated carbocycles. The van der Waals surface area contributed by atoms with Crippen molar-refractivity contribution in [3.63, 3.8) is 0 Å². The van der Waals surface area contributed by atoms with Gasteiger partial charge in [0.2, 0.25) is 11.8 Å². The van der Waals surface area contributed by atoms with Crippen LogP contribution in [0.15, 0.2) is 0 Å². The van der Waals surface area contributed by atoms with Crippen molar-refractivity contribution in [1.29, 1.82) is 0 Å². The molecule has 0 unspecified atom stereocenters. The largest absolute Gasteiger partial charge is 0.382 e. The van der Waals surface area contributed by atoms with Crippen LogP contribution < -0.4 is 11.5 Å². The first kappa shape index (κ1) is 10.9. The topological polar surface area (TPSA) is 106 Å². The van der Waals surface area contributed by atoms with Gasteiger partial charge in [0.05, 0.1) is 5.92 Å². The molecule has 5 N–H and O–H groups in total. The van der Waals surface area contributed by atoms with Crippen LogP contribution in [0.25, 0.3) is 0 Å². The Morgan fingerprint density at radius 1 is 1.17 bits per heavy atom. The van der Waals surface area contributed by atoms with Gasteiger partial charge in [-0.1, -0.05) is 13.8 Å². The molecule has 0 rings (SSSR count). The van der Waals surface area contributed by atoms with Crippen molar-refractivity contribution in [3.05, 3.63) is 0 Å². The molecule has 0 aliphatic rings. The van der Waals surface area contributed by atoms with Crippen molar-refractivity contribution in [2.75, 3.05) is 0 Å². The van der Waals surface area contributed by atoms with Crippen molar-refractivity contribution >= 4 is 11.8 Å². The van der Waals surface area contributed by atoms with Gasteiger partial charge in [-0.25, -0.2) is 0 Å². The van der Waals surface area contributed by atoms with E-state index in [9.17, 15) is 9.59 Å². The summed E-state index contributed by atoms with van der Waals surface area (Å²) in [6.07, 6.45) is -1.48. The van der Waals surface area contributed by atoms with Crippen LogP contribution >= 0.6 is 0 Å². The van der Waals surface area contributed by atoms with Crippen LogP contribution in [0.5, 0.6) is 0 Å².